The maximum atomic E-state index is 11.0. The summed E-state index contributed by atoms with van der Waals surface area (Å²) in [6.45, 7) is 2.64. The average molecular weight is 302 g/mol. The molecule has 0 bridgehead atoms. The Hall–Kier alpha value is -1.27. The van der Waals surface area contributed by atoms with E-state index in [2.05, 4.69) is 15.9 Å². The Morgan fingerprint density at radius 2 is 2.18 bits per heavy atom. The molecule has 6 heteroatoms. The van der Waals surface area contributed by atoms with Crippen LogP contribution in [0.2, 0.25) is 0 Å². The van der Waals surface area contributed by atoms with E-state index in [9.17, 15) is 4.79 Å². The van der Waals surface area contributed by atoms with E-state index in [0.717, 1.165) is 10.0 Å². The largest absolute Gasteiger partial charge is 0.486 e. The fraction of sp³-hybridized carbons (Fsp3) is 0.364. The van der Waals surface area contributed by atoms with Crippen molar-refractivity contribution in [3.8, 4) is 11.5 Å². The van der Waals surface area contributed by atoms with Gasteiger partial charge in [0.1, 0.15) is 19.3 Å². The van der Waals surface area contributed by atoms with Gasteiger partial charge in [0.05, 0.1) is 0 Å². The summed E-state index contributed by atoms with van der Waals surface area (Å²) >= 11 is 3.36. The van der Waals surface area contributed by atoms with Crippen LogP contribution in [0.15, 0.2) is 10.5 Å². The van der Waals surface area contributed by atoms with Gasteiger partial charge in [0.2, 0.25) is 0 Å². The SMILES string of the molecule is Cc1c(Br)cc2c(c1C(N)C(=O)O)OCCO2. The Morgan fingerprint density at radius 1 is 1.53 bits per heavy atom. The number of aliphatic carboxylic acids is 1. The lowest BCUT2D eigenvalue weighted by Gasteiger charge is -2.24. The van der Waals surface area contributed by atoms with Crippen molar-refractivity contribution >= 4 is 21.9 Å². The average Bonchev–Trinajstić information content (AvgIpc) is 2.30. The van der Waals surface area contributed by atoms with Gasteiger partial charge in [-0.1, -0.05) is 15.9 Å². The monoisotopic (exact) mass is 301 g/mol. The summed E-state index contributed by atoms with van der Waals surface area (Å²) in [5.41, 5.74) is 6.89. The van der Waals surface area contributed by atoms with E-state index in [1.54, 1.807) is 13.0 Å². The number of carbonyl (C=O) groups is 1. The Kier molecular flexibility index (Phi) is 3.26. The normalized spacial score (nSPS) is 15.5. The number of benzene rings is 1. The molecule has 0 saturated heterocycles. The first-order valence-electron chi connectivity index (χ1n) is 5.09. The molecule has 0 spiro atoms. The van der Waals surface area contributed by atoms with E-state index in [1.165, 1.54) is 0 Å². The standard InChI is InChI=1S/C11H12BrNO4/c1-5-6(12)4-7-10(17-3-2-16-7)8(5)9(13)11(14)15/h4,9H,2-3,13H2,1H3,(H,14,15). The summed E-state index contributed by atoms with van der Waals surface area (Å²) in [7, 11) is 0. The fourth-order valence-electron chi connectivity index (χ4n) is 1.77. The van der Waals surface area contributed by atoms with Crippen LogP contribution in [0.1, 0.15) is 17.2 Å². The van der Waals surface area contributed by atoms with Gasteiger partial charge in [-0.05, 0) is 18.6 Å². The second-order valence-corrected chi connectivity index (χ2v) is 4.59. The summed E-state index contributed by atoms with van der Waals surface area (Å²) in [6, 6.07) is 0.644. The van der Waals surface area contributed by atoms with Gasteiger partial charge in [0, 0.05) is 10.0 Å². The zero-order chi connectivity index (χ0) is 12.6. The molecule has 17 heavy (non-hydrogen) atoms. The first-order valence-corrected chi connectivity index (χ1v) is 5.88. The summed E-state index contributed by atoms with van der Waals surface area (Å²) in [5, 5.41) is 9.02. The molecule has 0 radical (unpaired) electrons. The van der Waals surface area contributed by atoms with Crippen molar-refractivity contribution in [2.45, 2.75) is 13.0 Å². The minimum Gasteiger partial charge on any atom is -0.486 e. The first kappa shape index (κ1) is 12.2. The topological polar surface area (TPSA) is 81.8 Å². The zero-order valence-electron chi connectivity index (χ0n) is 9.20. The van der Waals surface area contributed by atoms with Crippen LogP contribution in [0.3, 0.4) is 0 Å². The number of hydrogen-bond donors (Lipinski definition) is 2. The Morgan fingerprint density at radius 3 is 2.82 bits per heavy atom. The molecule has 92 valence electrons. The summed E-state index contributed by atoms with van der Waals surface area (Å²) in [5.74, 6) is -0.130. The third kappa shape index (κ3) is 2.10. The Balaban J connectivity index is 2.62. The molecular formula is C11H12BrNO4. The highest BCUT2D eigenvalue weighted by molar-refractivity contribution is 9.10. The van der Waals surface area contributed by atoms with Gasteiger partial charge in [0.25, 0.3) is 0 Å². The number of halogens is 1. The molecule has 1 unspecified atom stereocenters. The van der Waals surface area contributed by atoms with E-state index >= 15 is 0 Å². The molecule has 1 atom stereocenters. The third-order valence-electron chi connectivity index (χ3n) is 2.65. The molecule has 3 N–H and O–H groups in total. The molecule has 1 aliphatic rings. The van der Waals surface area contributed by atoms with Crippen molar-refractivity contribution in [3.63, 3.8) is 0 Å². The van der Waals surface area contributed by atoms with Crippen molar-refractivity contribution < 1.29 is 19.4 Å². The second kappa shape index (κ2) is 4.54. The van der Waals surface area contributed by atoms with Crippen LogP contribution >= 0.6 is 15.9 Å². The van der Waals surface area contributed by atoms with Gasteiger partial charge in [-0.15, -0.1) is 0 Å². The minimum atomic E-state index is -1.12. The number of hydrogen-bond acceptors (Lipinski definition) is 4. The van der Waals surface area contributed by atoms with Gasteiger partial charge in [-0.2, -0.15) is 0 Å². The van der Waals surface area contributed by atoms with E-state index in [1.807, 2.05) is 0 Å². The predicted octanol–water partition coefficient (Wildman–Crippen LogP) is 1.61. The number of carboxylic acid groups (broad SMARTS) is 1. The van der Waals surface area contributed by atoms with E-state index in [4.69, 9.17) is 20.3 Å². The number of fused-ring (bicyclic) bond motifs is 1. The molecule has 1 aromatic carbocycles. The molecule has 0 aliphatic carbocycles. The lowest BCUT2D eigenvalue weighted by Crippen LogP contribution is -2.25. The summed E-state index contributed by atoms with van der Waals surface area (Å²) in [4.78, 5) is 11.0. The Bertz CT molecular complexity index is 475. The van der Waals surface area contributed by atoms with Crippen molar-refractivity contribution in [1.82, 2.24) is 0 Å². The zero-order valence-corrected chi connectivity index (χ0v) is 10.8. The summed E-state index contributed by atoms with van der Waals surface area (Å²) < 4.78 is 11.7. The number of ether oxygens (including phenoxy) is 2. The van der Waals surface area contributed by atoms with Gasteiger partial charge < -0.3 is 20.3 Å². The van der Waals surface area contributed by atoms with Gasteiger partial charge >= 0.3 is 5.97 Å². The highest BCUT2D eigenvalue weighted by atomic mass is 79.9. The van der Waals surface area contributed by atoms with Crippen LogP contribution in [0, 0.1) is 6.92 Å². The molecule has 2 rings (SSSR count). The van der Waals surface area contributed by atoms with Crippen LogP contribution < -0.4 is 15.2 Å². The quantitative estimate of drug-likeness (QED) is 0.867. The predicted molar refractivity (Wildman–Crippen MR) is 64.4 cm³/mol. The minimum absolute atomic E-state index is 0.396. The second-order valence-electron chi connectivity index (χ2n) is 3.74. The lowest BCUT2D eigenvalue weighted by molar-refractivity contribution is -0.138. The van der Waals surface area contributed by atoms with Gasteiger partial charge in [-0.25, -0.2) is 0 Å². The highest BCUT2D eigenvalue weighted by Crippen LogP contribution is 2.42. The first-order chi connectivity index (χ1) is 8.02. The van der Waals surface area contributed by atoms with Crippen LogP contribution in [-0.2, 0) is 4.79 Å². The maximum absolute atomic E-state index is 11.0. The smallest absolute Gasteiger partial charge is 0.325 e. The van der Waals surface area contributed by atoms with Crippen molar-refractivity contribution in [2.24, 2.45) is 5.73 Å². The van der Waals surface area contributed by atoms with E-state index < -0.39 is 12.0 Å². The van der Waals surface area contributed by atoms with Crippen molar-refractivity contribution in [2.75, 3.05) is 13.2 Å². The molecule has 1 aromatic rings. The van der Waals surface area contributed by atoms with E-state index in [-0.39, 0.29) is 0 Å². The van der Waals surface area contributed by atoms with E-state index in [0.29, 0.717) is 30.3 Å². The van der Waals surface area contributed by atoms with Crippen LogP contribution in [-0.4, -0.2) is 24.3 Å². The molecule has 0 saturated carbocycles. The third-order valence-corrected chi connectivity index (χ3v) is 3.48. The molecule has 0 aromatic heterocycles. The Labute approximate surface area is 107 Å². The molecular weight excluding hydrogens is 290 g/mol. The van der Waals surface area contributed by atoms with Gasteiger partial charge in [0.15, 0.2) is 11.5 Å². The molecule has 0 amide bonds. The number of nitrogens with two attached hydrogens (primary N) is 1. The maximum Gasteiger partial charge on any atom is 0.325 e. The summed E-state index contributed by atoms with van der Waals surface area (Å²) in [6.07, 6.45) is 0. The van der Waals surface area contributed by atoms with Crippen LogP contribution in [0.4, 0.5) is 0 Å². The molecule has 1 heterocycles. The van der Waals surface area contributed by atoms with Gasteiger partial charge in [-0.3, -0.25) is 4.79 Å². The lowest BCUT2D eigenvalue weighted by atomic mass is 9.99. The fourth-order valence-corrected chi connectivity index (χ4v) is 2.19. The molecule has 1 aliphatic heterocycles. The van der Waals surface area contributed by atoms with Crippen LogP contribution in [0.25, 0.3) is 0 Å². The van der Waals surface area contributed by atoms with Crippen molar-refractivity contribution in [3.05, 3.63) is 21.7 Å². The molecule has 0 fully saturated rings. The number of rotatable bonds is 2. The molecule has 5 nitrogen and oxygen atoms in total. The highest BCUT2D eigenvalue weighted by Gasteiger charge is 2.27. The number of carboxylic acids is 1. The van der Waals surface area contributed by atoms with Crippen molar-refractivity contribution in [1.29, 1.82) is 0 Å². The van der Waals surface area contributed by atoms with Crippen LogP contribution in [0.5, 0.6) is 11.5 Å².